The Morgan fingerprint density at radius 3 is 2.66 bits per heavy atom. The Bertz CT molecular complexity index is 1290. The second-order valence-electron chi connectivity index (χ2n) is 9.20. The van der Waals surface area contributed by atoms with Gasteiger partial charge in [0.05, 0.1) is 19.2 Å². The van der Waals surface area contributed by atoms with Crippen molar-refractivity contribution < 1.29 is 14.1 Å². The van der Waals surface area contributed by atoms with E-state index in [4.69, 9.17) is 9.26 Å². The van der Waals surface area contributed by atoms with Crippen LogP contribution in [0.4, 0.5) is 0 Å². The van der Waals surface area contributed by atoms with Gasteiger partial charge in [-0.2, -0.15) is 4.98 Å². The number of carbonyl (C=O) groups excluding carboxylic acids is 1. The zero-order chi connectivity index (χ0) is 24.3. The van der Waals surface area contributed by atoms with Crippen LogP contribution in [0.2, 0.25) is 0 Å². The number of amides is 1. The number of para-hydroxylation sites is 1. The molecule has 4 aromatic rings. The molecule has 1 atom stereocenters. The second kappa shape index (κ2) is 9.92. The number of H-pyrrole nitrogens is 1. The SMILES string of the molecule is COc1ccc(C(CNC(=O)CNC2(c3noc(C)n3)CCCC2)c2c[nH]c3ccccc23)cc1. The van der Waals surface area contributed by atoms with Gasteiger partial charge in [0.25, 0.3) is 0 Å². The van der Waals surface area contributed by atoms with Gasteiger partial charge < -0.3 is 19.6 Å². The number of aryl methyl sites for hydroxylation is 1. The van der Waals surface area contributed by atoms with Crippen LogP contribution in [0.3, 0.4) is 0 Å². The van der Waals surface area contributed by atoms with Crippen molar-refractivity contribution in [1.82, 2.24) is 25.8 Å². The standard InChI is InChI=1S/C27H31N5O3/c1-18-31-26(32-35-18)27(13-5-6-14-27)30-17-25(33)29-15-22(19-9-11-20(34-2)12-10-19)23-16-28-24-8-4-3-7-21(23)24/h3-4,7-12,16,22,28,30H,5-6,13-15,17H2,1-2H3,(H,29,33). The number of hydrogen-bond donors (Lipinski definition) is 3. The van der Waals surface area contributed by atoms with Gasteiger partial charge in [-0.15, -0.1) is 0 Å². The maximum atomic E-state index is 13.0. The number of hydrogen-bond acceptors (Lipinski definition) is 6. The highest BCUT2D eigenvalue weighted by Gasteiger charge is 2.39. The average molecular weight is 474 g/mol. The maximum Gasteiger partial charge on any atom is 0.234 e. The number of ether oxygens (including phenoxy) is 1. The van der Waals surface area contributed by atoms with Gasteiger partial charge in [0, 0.05) is 36.5 Å². The quantitative estimate of drug-likeness (QED) is 0.337. The van der Waals surface area contributed by atoms with E-state index in [-0.39, 0.29) is 18.4 Å². The summed E-state index contributed by atoms with van der Waals surface area (Å²) < 4.78 is 10.6. The molecule has 2 aromatic carbocycles. The van der Waals surface area contributed by atoms with Crippen LogP contribution >= 0.6 is 0 Å². The summed E-state index contributed by atoms with van der Waals surface area (Å²) in [6, 6.07) is 16.2. The fourth-order valence-corrected chi connectivity index (χ4v) is 5.11. The van der Waals surface area contributed by atoms with Crippen molar-refractivity contribution in [3.8, 4) is 5.75 Å². The summed E-state index contributed by atoms with van der Waals surface area (Å²) in [7, 11) is 1.66. The topological polar surface area (TPSA) is 105 Å². The molecule has 1 unspecified atom stereocenters. The Morgan fingerprint density at radius 1 is 1.17 bits per heavy atom. The molecule has 3 N–H and O–H groups in total. The molecule has 8 heteroatoms. The highest BCUT2D eigenvalue weighted by Crippen LogP contribution is 2.37. The fraction of sp³-hybridized carbons (Fsp3) is 0.370. The van der Waals surface area contributed by atoms with Gasteiger partial charge in [0.15, 0.2) is 5.82 Å². The Balaban J connectivity index is 1.31. The number of benzene rings is 2. The predicted molar refractivity (Wildman–Crippen MR) is 133 cm³/mol. The van der Waals surface area contributed by atoms with E-state index in [1.165, 1.54) is 0 Å². The lowest BCUT2D eigenvalue weighted by molar-refractivity contribution is -0.120. The Labute approximate surface area is 204 Å². The molecule has 1 saturated carbocycles. The normalized spacial score (nSPS) is 15.8. The number of carbonyl (C=O) groups is 1. The lowest BCUT2D eigenvalue weighted by Crippen LogP contribution is -2.46. The summed E-state index contributed by atoms with van der Waals surface area (Å²) in [6.07, 6.45) is 5.97. The summed E-state index contributed by atoms with van der Waals surface area (Å²) in [6.45, 7) is 2.45. The van der Waals surface area contributed by atoms with Crippen LogP contribution in [0.5, 0.6) is 5.75 Å². The molecule has 0 saturated heterocycles. The molecule has 8 nitrogen and oxygen atoms in total. The summed E-state index contributed by atoms with van der Waals surface area (Å²) in [5, 5.41) is 11.9. The minimum atomic E-state index is -0.401. The first-order valence-electron chi connectivity index (χ1n) is 12.1. The molecule has 0 spiro atoms. The minimum Gasteiger partial charge on any atom is -0.497 e. The first-order valence-corrected chi connectivity index (χ1v) is 12.1. The fourth-order valence-electron chi connectivity index (χ4n) is 5.11. The second-order valence-corrected chi connectivity index (χ2v) is 9.20. The van der Waals surface area contributed by atoms with E-state index in [2.05, 4.69) is 50.0 Å². The van der Waals surface area contributed by atoms with Crippen LogP contribution < -0.4 is 15.4 Å². The molecule has 35 heavy (non-hydrogen) atoms. The number of rotatable bonds is 9. The number of nitrogens with zero attached hydrogens (tertiary/aromatic N) is 2. The van der Waals surface area contributed by atoms with Gasteiger partial charge in [0.1, 0.15) is 5.75 Å². The van der Waals surface area contributed by atoms with E-state index < -0.39 is 5.54 Å². The van der Waals surface area contributed by atoms with Crippen molar-refractivity contribution in [2.45, 2.75) is 44.1 Å². The van der Waals surface area contributed by atoms with Gasteiger partial charge in [-0.05, 0) is 42.2 Å². The molecule has 0 bridgehead atoms. The van der Waals surface area contributed by atoms with Crippen molar-refractivity contribution >= 4 is 16.8 Å². The van der Waals surface area contributed by atoms with E-state index in [0.717, 1.165) is 53.5 Å². The van der Waals surface area contributed by atoms with Crippen molar-refractivity contribution in [3.63, 3.8) is 0 Å². The van der Waals surface area contributed by atoms with Gasteiger partial charge in [-0.1, -0.05) is 48.3 Å². The van der Waals surface area contributed by atoms with Crippen molar-refractivity contribution in [3.05, 3.63) is 77.6 Å². The minimum absolute atomic E-state index is 0.0127. The van der Waals surface area contributed by atoms with E-state index in [0.29, 0.717) is 18.3 Å². The summed E-state index contributed by atoms with van der Waals surface area (Å²) in [5.74, 6) is 1.92. The molecule has 2 aromatic heterocycles. The van der Waals surface area contributed by atoms with E-state index in [1.807, 2.05) is 30.5 Å². The summed E-state index contributed by atoms with van der Waals surface area (Å²) >= 11 is 0. The molecule has 1 fully saturated rings. The third kappa shape index (κ3) is 4.79. The lowest BCUT2D eigenvalue weighted by atomic mass is 9.90. The van der Waals surface area contributed by atoms with Crippen LogP contribution in [0.15, 0.2) is 59.3 Å². The molecule has 1 aliphatic rings. The molecule has 5 rings (SSSR count). The Hall–Kier alpha value is -3.65. The number of nitrogens with one attached hydrogen (secondary N) is 3. The molecule has 0 radical (unpaired) electrons. The van der Waals surface area contributed by atoms with Gasteiger partial charge in [-0.25, -0.2) is 0 Å². The molecule has 2 heterocycles. The zero-order valence-electron chi connectivity index (χ0n) is 20.1. The average Bonchev–Trinajstić information content (AvgIpc) is 3.64. The van der Waals surface area contributed by atoms with E-state index in [1.54, 1.807) is 14.0 Å². The number of aromatic nitrogens is 3. The third-order valence-corrected chi connectivity index (χ3v) is 7.02. The molecule has 1 aliphatic carbocycles. The van der Waals surface area contributed by atoms with Crippen LogP contribution in [0.25, 0.3) is 10.9 Å². The highest BCUT2D eigenvalue weighted by molar-refractivity contribution is 5.84. The highest BCUT2D eigenvalue weighted by atomic mass is 16.5. The first-order chi connectivity index (χ1) is 17.1. The molecular weight excluding hydrogens is 442 g/mol. The Kier molecular flexibility index (Phi) is 6.55. The van der Waals surface area contributed by atoms with Crippen molar-refractivity contribution in [1.29, 1.82) is 0 Å². The van der Waals surface area contributed by atoms with Gasteiger partial charge >= 0.3 is 0 Å². The molecule has 0 aliphatic heterocycles. The monoisotopic (exact) mass is 473 g/mol. The van der Waals surface area contributed by atoms with Gasteiger partial charge in [-0.3, -0.25) is 10.1 Å². The molecule has 182 valence electrons. The zero-order valence-corrected chi connectivity index (χ0v) is 20.1. The molecule has 1 amide bonds. The molecular formula is C27H31N5O3. The van der Waals surface area contributed by atoms with Crippen LogP contribution in [-0.2, 0) is 10.3 Å². The van der Waals surface area contributed by atoms with Crippen molar-refractivity contribution in [2.24, 2.45) is 0 Å². The third-order valence-electron chi connectivity index (χ3n) is 7.02. The van der Waals surface area contributed by atoms with E-state index in [9.17, 15) is 4.79 Å². The summed E-state index contributed by atoms with van der Waals surface area (Å²) in [5.41, 5.74) is 2.93. The van der Waals surface area contributed by atoms with E-state index >= 15 is 0 Å². The smallest absolute Gasteiger partial charge is 0.234 e. The first kappa shape index (κ1) is 23.1. The largest absolute Gasteiger partial charge is 0.497 e. The van der Waals surface area contributed by atoms with Crippen LogP contribution in [0, 0.1) is 6.92 Å². The maximum absolute atomic E-state index is 13.0. The van der Waals surface area contributed by atoms with Gasteiger partial charge in [0.2, 0.25) is 11.8 Å². The van der Waals surface area contributed by atoms with Crippen LogP contribution in [-0.4, -0.2) is 41.2 Å². The summed E-state index contributed by atoms with van der Waals surface area (Å²) in [4.78, 5) is 20.8. The van der Waals surface area contributed by atoms with Crippen LogP contribution in [0.1, 0.15) is 54.4 Å². The predicted octanol–water partition coefficient (Wildman–Crippen LogP) is 4.18. The number of methoxy groups -OCH3 is 1. The number of fused-ring (bicyclic) bond motifs is 1. The Morgan fingerprint density at radius 2 is 1.94 bits per heavy atom. The number of aromatic amines is 1. The van der Waals surface area contributed by atoms with Crippen molar-refractivity contribution in [2.75, 3.05) is 20.2 Å². The lowest BCUT2D eigenvalue weighted by Gasteiger charge is -2.27.